The first-order chi connectivity index (χ1) is 16.8. The molecule has 1 fully saturated rings. The Kier molecular flexibility index (Phi) is 7.88. The zero-order valence-corrected chi connectivity index (χ0v) is 21.4. The number of aromatic nitrogens is 2. The topological polar surface area (TPSA) is 79.4 Å². The SMILES string of the molecule is CC(C)c1cccc(C(C)C)c1NC(=O)Nc1cnc(N2CCOCC2)nc1-c1ccccc1Cl. The fraction of sp³-hybridized carbons (Fsp3) is 0.370. The maximum Gasteiger partial charge on any atom is 0.323 e. The highest BCUT2D eigenvalue weighted by atomic mass is 35.5. The Morgan fingerprint density at radius 1 is 0.971 bits per heavy atom. The second kappa shape index (κ2) is 11.1. The van der Waals surface area contributed by atoms with Gasteiger partial charge in [0.2, 0.25) is 5.95 Å². The third-order valence-electron chi connectivity index (χ3n) is 6.06. The van der Waals surface area contributed by atoms with Crippen LogP contribution >= 0.6 is 11.6 Å². The molecule has 0 unspecified atom stereocenters. The molecular formula is C27H32ClN5O2. The fourth-order valence-corrected chi connectivity index (χ4v) is 4.43. The lowest BCUT2D eigenvalue weighted by Gasteiger charge is -2.27. The molecule has 0 spiro atoms. The first kappa shape index (κ1) is 24.9. The van der Waals surface area contributed by atoms with Crippen LogP contribution in [0.3, 0.4) is 0 Å². The van der Waals surface area contributed by atoms with Gasteiger partial charge in [0.05, 0.1) is 30.1 Å². The summed E-state index contributed by atoms with van der Waals surface area (Å²) in [6.07, 6.45) is 1.65. The second-order valence-corrected chi connectivity index (χ2v) is 9.62. The van der Waals surface area contributed by atoms with Crippen molar-refractivity contribution in [1.29, 1.82) is 0 Å². The maximum atomic E-state index is 13.2. The molecule has 2 aromatic carbocycles. The average molecular weight is 494 g/mol. The predicted octanol–water partition coefficient (Wildman–Crippen LogP) is 6.52. The minimum absolute atomic E-state index is 0.263. The third-order valence-corrected chi connectivity index (χ3v) is 6.39. The van der Waals surface area contributed by atoms with Crippen LogP contribution < -0.4 is 15.5 Å². The van der Waals surface area contributed by atoms with Crippen molar-refractivity contribution >= 4 is 35.0 Å². The number of nitrogens with one attached hydrogen (secondary N) is 2. The van der Waals surface area contributed by atoms with Crippen molar-refractivity contribution in [3.05, 3.63) is 64.8 Å². The summed E-state index contributed by atoms with van der Waals surface area (Å²) in [5.74, 6) is 1.11. The number of carbonyl (C=O) groups is 1. The van der Waals surface area contributed by atoms with Gasteiger partial charge in [-0.05, 0) is 29.0 Å². The number of para-hydroxylation sites is 1. The first-order valence-corrected chi connectivity index (χ1v) is 12.4. The van der Waals surface area contributed by atoms with Crippen LogP contribution in [0.4, 0.5) is 22.1 Å². The molecule has 1 saturated heterocycles. The van der Waals surface area contributed by atoms with E-state index in [1.165, 1.54) is 0 Å². The number of amides is 2. The monoisotopic (exact) mass is 493 g/mol. The van der Waals surface area contributed by atoms with E-state index in [-0.39, 0.29) is 17.9 Å². The summed E-state index contributed by atoms with van der Waals surface area (Å²) in [7, 11) is 0. The molecule has 3 aromatic rings. The van der Waals surface area contributed by atoms with Gasteiger partial charge in [-0.2, -0.15) is 0 Å². The summed E-state index contributed by atoms with van der Waals surface area (Å²) in [5, 5.41) is 6.62. The molecule has 1 aliphatic heterocycles. The van der Waals surface area contributed by atoms with Gasteiger partial charge in [0, 0.05) is 24.3 Å². The fourth-order valence-electron chi connectivity index (χ4n) is 4.20. The minimum Gasteiger partial charge on any atom is -0.378 e. The van der Waals surface area contributed by atoms with Crippen molar-refractivity contribution < 1.29 is 9.53 Å². The minimum atomic E-state index is -0.351. The normalized spacial score (nSPS) is 13.9. The number of hydrogen-bond acceptors (Lipinski definition) is 5. The molecule has 0 atom stereocenters. The number of anilines is 3. The van der Waals surface area contributed by atoms with Crippen molar-refractivity contribution in [2.45, 2.75) is 39.5 Å². The smallest absolute Gasteiger partial charge is 0.323 e. The summed E-state index contributed by atoms with van der Waals surface area (Å²) in [6, 6.07) is 13.3. The number of ether oxygens (including phenoxy) is 1. The van der Waals surface area contributed by atoms with Crippen LogP contribution in [0.2, 0.25) is 5.02 Å². The average Bonchev–Trinajstić information content (AvgIpc) is 2.85. The number of hydrogen-bond donors (Lipinski definition) is 2. The molecular weight excluding hydrogens is 462 g/mol. The molecule has 8 heteroatoms. The Morgan fingerprint density at radius 2 is 1.63 bits per heavy atom. The lowest BCUT2D eigenvalue weighted by molar-refractivity contribution is 0.122. The summed E-state index contributed by atoms with van der Waals surface area (Å²) >= 11 is 6.52. The molecule has 0 radical (unpaired) electrons. The second-order valence-electron chi connectivity index (χ2n) is 9.21. The van der Waals surface area contributed by atoms with Gasteiger partial charge in [0.1, 0.15) is 5.69 Å². The van der Waals surface area contributed by atoms with Crippen LogP contribution in [0.1, 0.15) is 50.7 Å². The third kappa shape index (κ3) is 5.74. The van der Waals surface area contributed by atoms with Gasteiger partial charge in [0.25, 0.3) is 0 Å². The summed E-state index contributed by atoms with van der Waals surface area (Å²) in [5.41, 5.74) is 4.82. The lowest BCUT2D eigenvalue weighted by Crippen LogP contribution is -2.37. The molecule has 2 amide bonds. The van der Waals surface area contributed by atoms with E-state index in [1.54, 1.807) is 6.20 Å². The van der Waals surface area contributed by atoms with E-state index >= 15 is 0 Å². The zero-order chi connectivity index (χ0) is 24.9. The van der Waals surface area contributed by atoms with Gasteiger partial charge in [-0.25, -0.2) is 14.8 Å². The van der Waals surface area contributed by atoms with Gasteiger partial charge in [-0.1, -0.05) is 75.7 Å². The predicted molar refractivity (Wildman–Crippen MR) is 143 cm³/mol. The number of carbonyl (C=O) groups excluding carboxylic acids is 1. The molecule has 4 rings (SSSR count). The van der Waals surface area contributed by atoms with Gasteiger partial charge >= 0.3 is 6.03 Å². The Balaban J connectivity index is 1.68. The van der Waals surface area contributed by atoms with Crippen LogP contribution in [0.15, 0.2) is 48.7 Å². The molecule has 2 heterocycles. The van der Waals surface area contributed by atoms with E-state index in [0.29, 0.717) is 48.7 Å². The van der Waals surface area contributed by atoms with Crippen molar-refractivity contribution in [1.82, 2.24) is 9.97 Å². The standard InChI is InChI=1S/C27H32ClN5O2/c1-17(2)19-9-7-10-20(18(3)4)24(19)32-27(34)30-23-16-29-26(33-12-14-35-15-13-33)31-25(23)21-8-5-6-11-22(21)28/h5-11,16-18H,12-15H2,1-4H3,(H2,30,32,34). The van der Waals surface area contributed by atoms with Gasteiger partial charge in [-0.15, -0.1) is 0 Å². The quantitative estimate of drug-likeness (QED) is 0.408. The highest BCUT2D eigenvalue weighted by molar-refractivity contribution is 6.33. The van der Waals surface area contributed by atoms with Crippen LogP contribution in [-0.4, -0.2) is 42.3 Å². The van der Waals surface area contributed by atoms with Gasteiger partial charge < -0.3 is 20.3 Å². The van der Waals surface area contributed by atoms with E-state index in [0.717, 1.165) is 22.4 Å². The summed E-state index contributed by atoms with van der Waals surface area (Å²) in [6.45, 7) is 11.2. The van der Waals surface area contributed by atoms with Gasteiger partial charge in [0.15, 0.2) is 0 Å². The van der Waals surface area contributed by atoms with E-state index in [4.69, 9.17) is 21.3 Å². The molecule has 0 aliphatic carbocycles. The zero-order valence-electron chi connectivity index (χ0n) is 20.6. The number of benzene rings is 2. The molecule has 35 heavy (non-hydrogen) atoms. The van der Waals surface area contributed by atoms with E-state index < -0.39 is 0 Å². The van der Waals surface area contributed by atoms with Gasteiger partial charge in [-0.3, -0.25) is 0 Å². The van der Waals surface area contributed by atoms with Crippen LogP contribution in [-0.2, 0) is 4.74 Å². The Labute approximate surface area is 211 Å². The molecule has 0 bridgehead atoms. The van der Waals surface area contributed by atoms with E-state index in [9.17, 15) is 4.79 Å². The highest BCUT2D eigenvalue weighted by Crippen LogP contribution is 2.35. The molecule has 7 nitrogen and oxygen atoms in total. The largest absolute Gasteiger partial charge is 0.378 e. The number of nitrogens with zero attached hydrogens (tertiary/aromatic N) is 3. The van der Waals surface area contributed by atoms with Crippen molar-refractivity contribution in [2.75, 3.05) is 41.8 Å². The highest BCUT2D eigenvalue weighted by Gasteiger charge is 2.21. The Hall–Kier alpha value is -3.16. The van der Waals surface area contributed by atoms with Crippen molar-refractivity contribution in [3.8, 4) is 11.3 Å². The van der Waals surface area contributed by atoms with Crippen molar-refractivity contribution in [3.63, 3.8) is 0 Å². The van der Waals surface area contributed by atoms with Crippen molar-refractivity contribution in [2.24, 2.45) is 0 Å². The van der Waals surface area contributed by atoms with E-state index in [2.05, 4.69) is 60.3 Å². The molecule has 1 aliphatic rings. The Bertz CT molecular complexity index is 1170. The van der Waals surface area contributed by atoms with E-state index in [1.807, 2.05) is 30.3 Å². The number of morpholine rings is 1. The molecule has 0 saturated carbocycles. The molecule has 184 valence electrons. The summed E-state index contributed by atoms with van der Waals surface area (Å²) < 4.78 is 5.46. The molecule has 2 N–H and O–H groups in total. The maximum absolute atomic E-state index is 13.2. The first-order valence-electron chi connectivity index (χ1n) is 12.0. The number of rotatable bonds is 6. The van der Waals surface area contributed by atoms with Crippen LogP contribution in [0, 0.1) is 0 Å². The lowest BCUT2D eigenvalue weighted by atomic mass is 9.93. The van der Waals surface area contributed by atoms with Crippen LogP contribution in [0.5, 0.6) is 0 Å². The number of urea groups is 1. The molecule has 1 aromatic heterocycles. The summed E-state index contributed by atoms with van der Waals surface area (Å²) in [4.78, 5) is 24.7. The number of halogens is 1. The Morgan fingerprint density at radius 3 is 2.26 bits per heavy atom. The van der Waals surface area contributed by atoms with Crippen LogP contribution in [0.25, 0.3) is 11.3 Å².